The Morgan fingerprint density at radius 2 is 2.08 bits per heavy atom. The predicted octanol–water partition coefficient (Wildman–Crippen LogP) is 1.85. The molecule has 0 radical (unpaired) electrons. The van der Waals surface area contributed by atoms with Crippen molar-refractivity contribution in [2.45, 2.75) is 0 Å². The van der Waals surface area contributed by atoms with Gasteiger partial charge in [0, 0.05) is 0 Å². The molecule has 62 valence electrons. The fourth-order valence-electron chi connectivity index (χ4n) is 0.657. The Kier molecular flexibility index (Phi) is 3.29. The van der Waals surface area contributed by atoms with Crippen LogP contribution in [0.4, 0.5) is 5.69 Å². The quantitative estimate of drug-likeness (QED) is 0.440. The van der Waals surface area contributed by atoms with Crippen molar-refractivity contribution in [3.8, 4) is 0 Å². The second-order valence-electron chi connectivity index (χ2n) is 2.03. The molecule has 1 aromatic rings. The van der Waals surface area contributed by atoms with Crippen molar-refractivity contribution < 1.29 is 4.79 Å². The molecule has 0 spiro atoms. The van der Waals surface area contributed by atoms with Gasteiger partial charge in [-0.25, -0.2) is 0 Å². The summed E-state index contributed by atoms with van der Waals surface area (Å²) in [6.07, 6.45) is 0.470. The van der Waals surface area contributed by atoms with Gasteiger partial charge in [-0.2, -0.15) is 5.10 Å². The number of hydrogen-bond donors (Lipinski definition) is 1. The maximum atomic E-state index is 10.0. The number of anilines is 1. The van der Waals surface area contributed by atoms with E-state index in [9.17, 15) is 4.79 Å². The summed E-state index contributed by atoms with van der Waals surface area (Å²) in [6, 6.07) is 9.23. The van der Waals surface area contributed by atoms with Gasteiger partial charge < -0.3 is 0 Å². The normalized spacial score (nSPS) is 10.9. The van der Waals surface area contributed by atoms with Crippen molar-refractivity contribution in [3.05, 3.63) is 30.3 Å². The molecule has 0 aliphatic rings. The monoisotopic (exact) mass is 182 g/mol. The zero-order chi connectivity index (χ0) is 8.81. The second-order valence-corrected chi connectivity index (χ2v) is 2.42. The highest BCUT2D eigenvalue weighted by molar-refractivity contribution is 6.79. The number of rotatable bonds is 3. The number of hydrazone groups is 1. The molecule has 1 N–H and O–H groups in total. The number of para-hydroxylation sites is 1. The largest absolute Gasteiger partial charge is 0.295 e. The Hall–Kier alpha value is -1.35. The minimum atomic E-state index is -0.0983. The van der Waals surface area contributed by atoms with Gasteiger partial charge in [-0.15, -0.1) is 0 Å². The summed E-state index contributed by atoms with van der Waals surface area (Å²) in [5.41, 5.74) is 3.41. The zero-order valence-electron chi connectivity index (χ0n) is 6.20. The Labute approximate surface area is 75.0 Å². The third kappa shape index (κ3) is 2.72. The molecule has 0 aromatic heterocycles. The zero-order valence-corrected chi connectivity index (χ0v) is 6.95. The van der Waals surface area contributed by atoms with Crippen LogP contribution in [-0.2, 0) is 4.79 Å². The molecule has 3 nitrogen and oxygen atoms in total. The summed E-state index contributed by atoms with van der Waals surface area (Å²) in [5, 5.41) is 3.48. The van der Waals surface area contributed by atoms with Crippen molar-refractivity contribution in [2.75, 3.05) is 5.43 Å². The molecule has 0 aliphatic carbocycles. The van der Waals surface area contributed by atoms with Crippen molar-refractivity contribution in [2.24, 2.45) is 5.10 Å². The Morgan fingerprint density at radius 3 is 2.67 bits per heavy atom. The molecule has 0 atom stereocenters. The number of carbonyl (C=O) groups is 1. The molecule has 0 aliphatic heterocycles. The fraction of sp³-hybridized carbons (Fsp3) is 0. The molecule has 1 rings (SSSR count). The van der Waals surface area contributed by atoms with Gasteiger partial charge in [0.1, 0.15) is 0 Å². The molecular weight excluding hydrogens is 176 g/mol. The summed E-state index contributed by atoms with van der Waals surface area (Å²) in [6.45, 7) is 0. The predicted molar refractivity (Wildman–Crippen MR) is 49.4 cm³/mol. The smallest absolute Gasteiger partial charge is 0.189 e. The first-order valence-electron chi connectivity index (χ1n) is 3.32. The van der Waals surface area contributed by atoms with E-state index in [-0.39, 0.29) is 5.17 Å². The minimum Gasteiger partial charge on any atom is -0.295 e. The lowest BCUT2D eigenvalue weighted by atomic mass is 10.3. The Morgan fingerprint density at radius 1 is 1.42 bits per heavy atom. The summed E-state index contributed by atoms with van der Waals surface area (Å²) in [5.74, 6) is 0. The van der Waals surface area contributed by atoms with Crippen LogP contribution in [0, 0.1) is 0 Å². The highest BCUT2D eigenvalue weighted by Crippen LogP contribution is 2.04. The van der Waals surface area contributed by atoms with Gasteiger partial charge in [0.2, 0.25) is 0 Å². The van der Waals surface area contributed by atoms with E-state index in [0.717, 1.165) is 5.69 Å². The van der Waals surface area contributed by atoms with Gasteiger partial charge in [0.15, 0.2) is 11.5 Å². The first-order chi connectivity index (χ1) is 5.83. The van der Waals surface area contributed by atoms with Crippen molar-refractivity contribution >= 4 is 28.7 Å². The molecule has 0 saturated heterocycles. The topological polar surface area (TPSA) is 41.5 Å². The van der Waals surface area contributed by atoms with E-state index in [4.69, 9.17) is 11.6 Å². The minimum absolute atomic E-state index is 0.0983. The van der Waals surface area contributed by atoms with Crippen LogP contribution in [0.3, 0.4) is 0 Å². The van der Waals surface area contributed by atoms with Crippen LogP contribution in [0.15, 0.2) is 35.4 Å². The molecule has 0 heterocycles. The van der Waals surface area contributed by atoms with Gasteiger partial charge in [-0.1, -0.05) is 29.8 Å². The highest BCUT2D eigenvalue weighted by atomic mass is 35.5. The van der Waals surface area contributed by atoms with E-state index in [1.54, 1.807) is 0 Å². The summed E-state index contributed by atoms with van der Waals surface area (Å²) in [7, 11) is 0. The summed E-state index contributed by atoms with van der Waals surface area (Å²) < 4.78 is 0. The Bertz CT molecular complexity index is 284. The maximum absolute atomic E-state index is 10.0. The number of nitrogens with zero attached hydrogens (tertiary/aromatic N) is 1. The maximum Gasteiger partial charge on any atom is 0.189 e. The number of aldehydes is 1. The van der Waals surface area contributed by atoms with E-state index in [0.29, 0.717) is 6.29 Å². The molecule has 0 unspecified atom stereocenters. The number of nitrogens with one attached hydrogen (secondary N) is 1. The van der Waals surface area contributed by atoms with E-state index >= 15 is 0 Å². The number of halogens is 1. The van der Waals surface area contributed by atoms with Crippen LogP contribution < -0.4 is 5.43 Å². The molecule has 12 heavy (non-hydrogen) atoms. The van der Waals surface area contributed by atoms with Gasteiger partial charge in [-0.3, -0.25) is 10.2 Å². The van der Waals surface area contributed by atoms with Gasteiger partial charge in [-0.05, 0) is 12.1 Å². The van der Waals surface area contributed by atoms with Gasteiger partial charge >= 0.3 is 0 Å². The average Bonchev–Trinajstić information content (AvgIpc) is 2.16. The number of carbonyl (C=O) groups excluding carboxylic acids is 1. The third-order valence-electron chi connectivity index (χ3n) is 1.16. The van der Waals surface area contributed by atoms with E-state index in [1.165, 1.54) is 0 Å². The second kappa shape index (κ2) is 4.51. The van der Waals surface area contributed by atoms with Gasteiger partial charge in [0.05, 0.1) is 5.69 Å². The third-order valence-corrected chi connectivity index (χ3v) is 1.34. The van der Waals surface area contributed by atoms with Crippen molar-refractivity contribution in [1.82, 2.24) is 0 Å². The fourth-order valence-corrected chi connectivity index (χ4v) is 0.699. The molecule has 0 fully saturated rings. The van der Waals surface area contributed by atoms with E-state index in [1.807, 2.05) is 30.3 Å². The van der Waals surface area contributed by atoms with Crippen molar-refractivity contribution in [1.29, 1.82) is 0 Å². The lowest BCUT2D eigenvalue weighted by molar-refractivity contribution is -0.102. The average molecular weight is 183 g/mol. The van der Waals surface area contributed by atoms with Crippen LogP contribution in [0.5, 0.6) is 0 Å². The molecule has 0 amide bonds. The molecule has 4 heteroatoms. The van der Waals surface area contributed by atoms with Crippen LogP contribution in [0.2, 0.25) is 0 Å². The van der Waals surface area contributed by atoms with E-state index < -0.39 is 0 Å². The van der Waals surface area contributed by atoms with E-state index in [2.05, 4.69) is 10.5 Å². The molecule has 0 saturated carbocycles. The van der Waals surface area contributed by atoms with Gasteiger partial charge in [0.25, 0.3) is 0 Å². The summed E-state index contributed by atoms with van der Waals surface area (Å²) in [4.78, 5) is 10.0. The first kappa shape index (κ1) is 8.74. The summed E-state index contributed by atoms with van der Waals surface area (Å²) >= 11 is 5.33. The first-order valence-corrected chi connectivity index (χ1v) is 3.70. The number of hydrogen-bond acceptors (Lipinski definition) is 3. The molecule has 0 bridgehead atoms. The van der Waals surface area contributed by atoms with Crippen molar-refractivity contribution in [3.63, 3.8) is 0 Å². The standard InChI is InChI=1S/C8H7ClN2O/c9-8(6-12)11-10-7-4-2-1-3-5-7/h1-6,10H. The number of benzene rings is 1. The van der Waals surface area contributed by atoms with Crippen LogP contribution in [-0.4, -0.2) is 11.5 Å². The lowest BCUT2D eigenvalue weighted by Crippen LogP contribution is -1.94. The van der Waals surface area contributed by atoms with Crippen LogP contribution in [0.25, 0.3) is 0 Å². The molecule has 1 aromatic carbocycles. The van der Waals surface area contributed by atoms with Crippen LogP contribution in [0.1, 0.15) is 0 Å². The lowest BCUT2D eigenvalue weighted by Gasteiger charge is -1.97. The van der Waals surface area contributed by atoms with Crippen LogP contribution >= 0.6 is 11.6 Å². The molecular formula is C8H7ClN2O. The SMILES string of the molecule is O=CC(Cl)=NNc1ccccc1. The highest BCUT2D eigenvalue weighted by Gasteiger charge is 1.88. The Balaban J connectivity index is 2.60.